The van der Waals surface area contributed by atoms with Gasteiger partial charge in [0.15, 0.2) is 0 Å². The van der Waals surface area contributed by atoms with Crippen molar-refractivity contribution in [2.24, 2.45) is 5.73 Å². The second-order valence-corrected chi connectivity index (χ2v) is 5.07. The van der Waals surface area contributed by atoms with E-state index in [1.54, 1.807) is 28.8 Å². The summed E-state index contributed by atoms with van der Waals surface area (Å²) in [6, 6.07) is 10.6. The van der Waals surface area contributed by atoms with Crippen molar-refractivity contribution >= 4 is 11.6 Å². The van der Waals surface area contributed by atoms with Crippen LogP contribution in [0.1, 0.15) is 21.7 Å². The number of amides is 1. The molecule has 0 aliphatic carbocycles. The molecule has 0 radical (unpaired) electrons. The summed E-state index contributed by atoms with van der Waals surface area (Å²) >= 11 is 0. The zero-order valence-corrected chi connectivity index (χ0v) is 12.2. The predicted molar refractivity (Wildman–Crippen MR) is 79.6 cm³/mol. The van der Waals surface area contributed by atoms with Gasteiger partial charge < -0.3 is 10.5 Å². The topological polar surface area (TPSA) is 69.6 Å². The summed E-state index contributed by atoms with van der Waals surface area (Å²) in [6.07, 6.45) is -2.80. The molecule has 0 fully saturated rings. The third kappa shape index (κ3) is 3.32. The Bertz CT molecular complexity index is 886. The maximum atomic E-state index is 12.2. The van der Waals surface area contributed by atoms with Gasteiger partial charge in [-0.05, 0) is 29.8 Å². The molecule has 2 aromatic heterocycles. The second-order valence-electron chi connectivity index (χ2n) is 5.07. The van der Waals surface area contributed by atoms with E-state index < -0.39 is 12.3 Å². The number of aromatic nitrogens is 2. The van der Waals surface area contributed by atoms with E-state index in [9.17, 15) is 18.0 Å². The Morgan fingerprint density at radius 2 is 1.88 bits per heavy atom. The van der Waals surface area contributed by atoms with Gasteiger partial charge in [-0.25, -0.2) is 4.98 Å². The van der Waals surface area contributed by atoms with Crippen molar-refractivity contribution in [3.8, 4) is 5.75 Å². The van der Waals surface area contributed by atoms with Crippen molar-refractivity contribution in [1.82, 2.24) is 9.38 Å². The average molecular weight is 335 g/mol. The number of pyridine rings is 1. The molecule has 3 rings (SSSR count). The third-order valence-corrected chi connectivity index (χ3v) is 3.36. The molecule has 1 aromatic carbocycles. The number of nitrogens with zero attached hydrogens (tertiary/aromatic N) is 2. The quantitative estimate of drug-likeness (QED) is 0.797. The molecule has 0 bridgehead atoms. The Balaban J connectivity index is 1.90. The standard InChI is InChI=1S/C16H12F3N3O2/c17-16(18,19)24-11-6-4-10(5-7-11)9-12-14(15(20)23)22-8-2-1-3-13(22)21-12/h1-8H,9H2,(H2,20,23). The molecular formula is C16H12F3N3O2. The number of benzene rings is 1. The number of primary amides is 1. The maximum Gasteiger partial charge on any atom is 0.573 e. The fraction of sp³-hybridized carbons (Fsp3) is 0.125. The zero-order valence-electron chi connectivity index (χ0n) is 12.2. The lowest BCUT2D eigenvalue weighted by Crippen LogP contribution is -2.17. The van der Waals surface area contributed by atoms with Crippen LogP contribution in [0.15, 0.2) is 48.7 Å². The number of rotatable bonds is 4. The molecule has 1 amide bonds. The molecule has 0 aliphatic rings. The van der Waals surface area contributed by atoms with E-state index in [0.717, 1.165) is 0 Å². The second kappa shape index (κ2) is 5.88. The van der Waals surface area contributed by atoms with Gasteiger partial charge in [-0.15, -0.1) is 13.2 Å². The molecule has 3 aromatic rings. The van der Waals surface area contributed by atoms with Gasteiger partial charge in [0.05, 0.1) is 5.69 Å². The minimum absolute atomic E-state index is 0.251. The number of carbonyl (C=O) groups is 1. The highest BCUT2D eigenvalue weighted by molar-refractivity contribution is 5.93. The predicted octanol–water partition coefficient (Wildman–Crippen LogP) is 2.92. The molecule has 5 nitrogen and oxygen atoms in total. The Morgan fingerprint density at radius 1 is 1.17 bits per heavy atom. The number of hydrogen-bond donors (Lipinski definition) is 1. The van der Waals surface area contributed by atoms with Crippen LogP contribution in [0, 0.1) is 0 Å². The van der Waals surface area contributed by atoms with Crippen LogP contribution in [-0.2, 0) is 6.42 Å². The van der Waals surface area contributed by atoms with E-state index in [2.05, 4.69) is 9.72 Å². The van der Waals surface area contributed by atoms with Gasteiger partial charge in [0.25, 0.3) is 5.91 Å². The lowest BCUT2D eigenvalue weighted by molar-refractivity contribution is -0.274. The van der Waals surface area contributed by atoms with Crippen LogP contribution in [0.4, 0.5) is 13.2 Å². The number of alkyl halides is 3. The lowest BCUT2D eigenvalue weighted by atomic mass is 10.1. The summed E-state index contributed by atoms with van der Waals surface area (Å²) in [5, 5.41) is 0. The minimum Gasteiger partial charge on any atom is -0.406 e. The molecule has 2 heterocycles. The van der Waals surface area contributed by atoms with Crippen molar-refractivity contribution in [2.75, 3.05) is 0 Å². The summed E-state index contributed by atoms with van der Waals surface area (Å²) in [5.74, 6) is -0.933. The number of nitrogens with two attached hydrogens (primary N) is 1. The fourth-order valence-electron chi connectivity index (χ4n) is 2.43. The van der Waals surface area contributed by atoms with Gasteiger partial charge in [0.2, 0.25) is 0 Å². The zero-order chi connectivity index (χ0) is 17.3. The highest BCUT2D eigenvalue weighted by Gasteiger charge is 2.31. The fourth-order valence-corrected chi connectivity index (χ4v) is 2.43. The SMILES string of the molecule is NC(=O)c1c(Cc2ccc(OC(F)(F)F)cc2)nc2ccccn12. The molecule has 8 heteroatoms. The van der Waals surface area contributed by atoms with Crippen molar-refractivity contribution in [1.29, 1.82) is 0 Å². The monoisotopic (exact) mass is 335 g/mol. The minimum atomic E-state index is -4.73. The molecular weight excluding hydrogens is 323 g/mol. The molecule has 0 aliphatic heterocycles. The highest BCUT2D eigenvalue weighted by Crippen LogP contribution is 2.24. The molecule has 0 saturated heterocycles. The molecule has 2 N–H and O–H groups in total. The summed E-state index contributed by atoms with van der Waals surface area (Å²) in [5.41, 5.74) is 7.38. The summed E-state index contributed by atoms with van der Waals surface area (Å²) in [4.78, 5) is 16.1. The van der Waals surface area contributed by atoms with Gasteiger partial charge in [0, 0.05) is 12.6 Å². The van der Waals surface area contributed by atoms with Crippen molar-refractivity contribution in [3.05, 3.63) is 65.6 Å². The number of hydrogen-bond acceptors (Lipinski definition) is 3. The van der Waals surface area contributed by atoms with Crippen LogP contribution in [-0.4, -0.2) is 21.7 Å². The molecule has 0 atom stereocenters. The van der Waals surface area contributed by atoms with E-state index in [1.807, 2.05) is 0 Å². The normalized spacial score (nSPS) is 11.6. The maximum absolute atomic E-state index is 12.2. The van der Waals surface area contributed by atoms with Crippen LogP contribution in [0.3, 0.4) is 0 Å². The van der Waals surface area contributed by atoms with E-state index in [1.165, 1.54) is 24.3 Å². The summed E-state index contributed by atoms with van der Waals surface area (Å²) in [7, 11) is 0. The first-order valence-electron chi connectivity index (χ1n) is 6.94. The van der Waals surface area contributed by atoms with E-state index >= 15 is 0 Å². The molecule has 124 valence electrons. The number of halogens is 3. The highest BCUT2D eigenvalue weighted by atomic mass is 19.4. The van der Waals surface area contributed by atoms with Gasteiger partial charge in [-0.2, -0.15) is 0 Å². The lowest BCUT2D eigenvalue weighted by Gasteiger charge is -2.09. The van der Waals surface area contributed by atoms with Crippen molar-refractivity contribution < 1.29 is 22.7 Å². The van der Waals surface area contributed by atoms with Crippen LogP contribution < -0.4 is 10.5 Å². The van der Waals surface area contributed by atoms with Crippen LogP contribution in [0.25, 0.3) is 5.65 Å². The van der Waals surface area contributed by atoms with Crippen molar-refractivity contribution in [2.45, 2.75) is 12.8 Å². The Labute approximate surface area is 134 Å². The first kappa shape index (κ1) is 15.9. The number of carbonyl (C=O) groups excluding carboxylic acids is 1. The smallest absolute Gasteiger partial charge is 0.406 e. The Hall–Kier alpha value is -3.03. The first-order valence-corrected chi connectivity index (χ1v) is 6.94. The first-order chi connectivity index (χ1) is 11.3. The molecule has 0 saturated carbocycles. The van der Waals surface area contributed by atoms with Gasteiger partial charge in [-0.3, -0.25) is 9.20 Å². The Kier molecular flexibility index (Phi) is 3.88. The van der Waals surface area contributed by atoms with E-state index in [-0.39, 0.29) is 17.9 Å². The van der Waals surface area contributed by atoms with Gasteiger partial charge in [-0.1, -0.05) is 18.2 Å². The van der Waals surface area contributed by atoms with Crippen LogP contribution in [0.2, 0.25) is 0 Å². The molecule has 0 unspecified atom stereocenters. The van der Waals surface area contributed by atoms with E-state index in [4.69, 9.17) is 5.73 Å². The number of ether oxygens (including phenoxy) is 1. The van der Waals surface area contributed by atoms with Crippen LogP contribution in [0.5, 0.6) is 5.75 Å². The van der Waals surface area contributed by atoms with Crippen molar-refractivity contribution in [3.63, 3.8) is 0 Å². The van der Waals surface area contributed by atoms with Gasteiger partial charge in [0.1, 0.15) is 17.1 Å². The largest absolute Gasteiger partial charge is 0.573 e. The van der Waals surface area contributed by atoms with Gasteiger partial charge >= 0.3 is 6.36 Å². The molecule has 24 heavy (non-hydrogen) atoms. The number of imidazole rings is 1. The summed E-state index contributed by atoms with van der Waals surface area (Å²) in [6.45, 7) is 0. The number of fused-ring (bicyclic) bond motifs is 1. The Morgan fingerprint density at radius 3 is 2.50 bits per heavy atom. The molecule has 0 spiro atoms. The summed E-state index contributed by atoms with van der Waals surface area (Å²) < 4.78 is 41.9. The van der Waals surface area contributed by atoms with E-state index in [0.29, 0.717) is 16.9 Å². The average Bonchev–Trinajstić information content (AvgIpc) is 2.85. The third-order valence-electron chi connectivity index (χ3n) is 3.36. The van der Waals surface area contributed by atoms with Crippen LogP contribution >= 0.6 is 0 Å².